The lowest BCUT2D eigenvalue weighted by Gasteiger charge is -2.26. The predicted molar refractivity (Wildman–Crippen MR) is 189 cm³/mol. The summed E-state index contributed by atoms with van der Waals surface area (Å²) in [6.45, 7) is 2.81. The van der Waals surface area contributed by atoms with E-state index in [1.165, 1.54) is 54.4 Å². The molecule has 2 aromatic carbocycles. The van der Waals surface area contributed by atoms with Crippen LogP contribution in [0.25, 0.3) is 11.1 Å². The van der Waals surface area contributed by atoms with Gasteiger partial charge in [0.25, 0.3) is 0 Å². The summed E-state index contributed by atoms with van der Waals surface area (Å²) >= 11 is 6.14. The first-order valence-electron chi connectivity index (χ1n) is 16.3. The molecule has 4 aromatic rings. The molecule has 4 heterocycles. The number of carbonyl (C=O) groups is 2. The lowest BCUT2D eigenvalue weighted by Crippen LogP contribution is -2.38. The van der Waals surface area contributed by atoms with E-state index in [1.807, 2.05) is 6.08 Å². The number of benzene rings is 2. The molecule has 17 heteroatoms. The molecule has 2 N–H and O–H groups in total. The third-order valence-electron chi connectivity index (χ3n) is 8.24. The summed E-state index contributed by atoms with van der Waals surface area (Å²) in [5.41, 5.74) is 2.64. The van der Waals surface area contributed by atoms with Crippen molar-refractivity contribution in [2.24, 2.45) is 0 Å². The van der Waals surface area contributed by atoms with Gasteiger partial charge in [-0.15, -0.1) is 13.2 Å². The van der Waals surface area contributed by atoms with Gasteiger partial charge in [0.15, 0.2) is 0 Å². The Bertz CT molecular complexity index is 2040. The van der Waals surface area contributed by atoms with Gasteiger partial charge < -0.3 is 25.2 Å². The molecule has 0 spiro atoms. The summed E-state index contributed by atoms with van der Waals surface area (Å²) in [4.78, 5) is 36.0. The number of ether oxygens (including phenoxy) is 1. The van der Waals surface area contributed by atoms with Crippen molar-refractivity contribution in [3.05, 3.63) is 125 Å². The average Bonchev–Trinajstić information content (AvgIpc) is 3.12. The fourth-order valence-electron chi connectivity index (χ4n) is 5.59. The molecule has 284 valence electrons. The molecule has 2 aromatic heterocycles. The molecule has 0 atom stereocenters. The topological polar surface area (TPSA) is 99.7 Å². The Morgan fingerprint density at radius 2 is 1.30 bits per heavy atom. The number of anilines is 2. The summed E-state index contributed by atoms with van der Waals surface area (Å²) in [5.74, 6) is -0.764. The molecule has 0 bridgehead atoms. The van der Waals surface area contributed by atoms with Crippen molar-refractivity contribution in [3.8, 4) is 5.75 Å². The summed E-state index contributed by atoms with van der Waals surface area (Å²) in [5, 5.41) is 5.80. The highest BCUT2D eigenvalue weighted by atomic mass is 35.5. The Morgan fingerprint density at radius 1 is 0.759 bits per heavy atom. The Hall–Kier alpha value is -5.64. The van der Waals surface area contributed by atoms with Gasteiger partial charge in [0.05, 0.1) is 16.3 Å². The number of aromatic nitrogens is 2. The highest BCUT2D eigenvalue weighted by Crippen LogP contribution is 2.33. The van der Waals surface area contributed by atoms with Gasteiger partial charge in [0, 0.05) is 49.9 Å². The van der Waals surface area contributed by atoms with E-state index < -0.39 is 30.0 Å². The number of alkyl halides is 6. The lowest BCUT2D eigenvalue weighted by atomic mass is 10.0. The fourth-order valence-corrected chi connectivity index (χ4v) is 5.83. The van der Waals surface area contributed by atoms with Crippen LogP contribution >= 0.6 is 11.6 Å². The Kier molecular flexibility index (Phi) is 12.5. The zero-order chi connectivity index (χ0) is 39.0. The van der Waals surface area contributed by atoms with Gasteiger partial charge in [-0.1, -0.05) is 23.8 Å². The average molecular weight is 777 g/mol. The lowest BCUT2D eigenvalue weighted by molar-refractivity contribution is -0.274. The van der Waals surface area contributed by atoms with Crippen molar-refractivity contribution in [2.45, 2.75) is 32.3 Å². The highest BCUT2D eigenvalue weighted by Gasteiger charge is 2.33. The SMILES string of the molecule is Cc1cc(NC(=O)N2CC=C(c3ncccc3F)CC2)ccc1C(F)(F)F.O=C(Nc1ccc(OC(F)(F)F)cc1)N1CC=C(c2ncccc2Cl)CC1. The second-order valence-corrected chi connectivity index (χ2v) is 12.4. The van der Waals surface area contributed by atoms with Crippen LogP contribution in [0, 0.1) is 12.7 Å². The number of amides is 4. The Balaban J connectivity index is 0.000000208. The van der Waals surface area contributed by atoms with E-state index in [4.69, 9.17) is 11.6 Å². The van der Waals surface area contributed by atoms with Crippen molar-refractivity contribution in [1.29, 1.82) is 0 Å². The smallest absolute Gasteiger partial charge is 0.406 e. The molecular formula is C37H32ClF7N6O3. The molecule has 0 saturated carbocycles. The van der Waals surface area contributed by atoms with Gasteiger partial charge in [-0.2, -0.15) is 13.2 Å². The Morgan fingerprint density at radius 3 is 1.80 bits per heavy atom. The van der Waals surface area contributed by atoms with E-state index in [0.717, 1.165) is 29.3 Å². The summed E-state index contributed by atoms with van der Waals surface area (Å²) in [7, 11) is 0. The van der Waals surface area contributed by atoms with Crippen LogP contribution in [0.5, 0.6) is 5.75 Å². The number of carbonyl (C=O) groups excluding carboxylic acids is 2. The standard InChI is InChI=1S/C19H17F4N3O.C18H15ClF3N3O2/c1-12-11-14(4-5-15(12)19(21,22)23)25-18(27)26-9-6-13(7-10-26)17-16(20)3-2-8-24-17;19-15-2-1-9-23-16(15)12-7-10-25(11-8-12)17(26)24-13-3-5-14(6-4-13)27-18(20,21)22/h2-6,8,11H,7,9-10H2,1H3,(H,25,27);1-7,9H,8,10-11H2,(H,24,26). The quantitative estimate of drug-likeness (QED) is 0.197. The molecule has 9 nitrogen and oxygen atoms in total. The minimum Gasteiger partial charge on any atom is -0.406 e. The van der Waals surface area contributed by atoms with Gasteiger partial charge in [0.1, 0.15) is 17.3 Å². The van der Waals surface area contributed by atoms with E-state index >= 15 is 0 Å². The molecule has 2 aliphatic rings. The summed E-state index contributed by atoms with van der Waals surface area (Å²) in [6, 6.07) is 14.0. The second-order valence-electron chi connectivity index (χ2n) is 12.0. The third-order valence-corrected chi connectivity index (χ3v) is 8.55. The number of nitrogens with one attached hydrogen (secondary N) is 2. The number of rotatable bonds is 5. The van der Waals surface area contributed by atoms with Crippen LogP contribution in [0.3, 0.4) is 0 Å². The number of hydrogen-bond acceptors (Lipinski definition) is 5. The van der Waals surface area contributed by atoms with Gasteiger partial charge in [0.2, 0.25) is 0 Å². The van der Waals surface area contributed by atoms with E-state index in [-0.39, 0.29) is 35.3 Å². The van der Waals surface area contributed by atoms with Gasteiger partial charge in [-0.25, -0.2) is 14.0 Å². The zero-order valence-electron chi connectivity index (χ0n) is 28.4. The molecular weight excluding hydrogens is 745 g/mol. The van der Waals surface area contributed by atoms with Crippen molar-refractivity contribution in [1.82, 2.24) is 19.8 Å². The third kappa shape index (κ3) is 10.7. The molecule has 54 heavy (non-hydrogen) atoms. The fraction of sp³-hybridized carbons (Fsp3) is 0.243. The van der Waals surface area contributed by atoms with Crippen LogP contribution in [-0.4, -0.2) is 64.4 Å². The van der Waals surface area contributed by atoms with Crippen LogP contribution in [0.2, 0.25) is 5.02 Å². The van der Waals surface area contributed by atoms with Crippen LogP contribution in [-0.2, 0) is 6.18 Å². The van der Waals surface area contributed by atoms with Gasteiger partial charge >= 0.3 is 24.6 Å². The van der Waals surface area contributed by atoms with E-state index in [1.54, 1.807) is 29.3 Å². The van der Waals surface area contributed by atoms with E-state index in [0.29, 0.717) is 48.9 Å². The summed E-state index contributed by atoms with van der Waals surface area (Å²) in [6.07, 6.45) is -1.36. The number of pyridine rings is 2. The maximum Gasteiger partial charge on any atom is 0.573 e. The first-order valence-corrected chi connectivity index (χ1v) is 16.7. The second kappa shape index (κ2) is 17.0. The van der Waals surface area contributed by atoms with Crippen molar-refractivity contribution in [3.63, 3.8) is 0 Å². The van der Waals surface area contributed by atoms with Crippen molar-refractivity contribution >= 4 is 46.2 Å². The highest BCUT2D eigenvalue weighted by molar-refractivity contribution is 6.32. The van der Waals surface area contributed by atoms with Crippen molar-refractivity contribution < 1.29 is 45.1 Å². The normalized spacial score (nSPS) is 14.6. The van der Waals surface area contributed by atoms with Crippen LogP contribution in [0.4, 0.5) is 51.7 Å². The summed E-state index contributed by atoms with van der Waals surface area (Å²) < 4.78 is 92.5. The molecule has 0 aliphatic carbocycles. The molecule has 0 saturated heterocycles. The number of halogens is 8. The maximum atomic E-state index is 13.8. The molecule has 6 rings (SSSR count). The number of aryl methyl sites for hydroxylation is 1. The number of urea groups is 2. The number of hydrogen-bond donors (Lipinski definition) is 2. The van der Waals surface area contributed by atoms with Crippen LogP contribution < -0.4 is 15.4 Å². The molecule has 4 amide bonds. The first kappa shape index (κ1) is 39.6. The molecule has 0 radical (unpaired) electrons. The largest absolute Gasteiger partial charge is 0.573 e. The Labute approximate surface area is 310 Å². The predicted octanol–water partition coefficient (Wildman–Crippen LogP) is 9.82. The number of nitrogens with zero attached hydrogens (tertiary/aromatic N) is 4. The zero-order valence-corrected chi connectivity index (χ0v) is 29.2. The van der Waals surface area contributed by atoms with Crippen LogP contribution in [0.1, 0.15) is 35.4 Å². The van der Waals surface area contributed by atoms with Gasteiger partial charge in [-0.3, -0.25) is 9.97 Å². The minimum absolute atomic E-state index is 0.0340. The molecule has 0 fully saturated rings. The molecule has 0 unspecified atom stereocenters. The maximum absolute atomic E-state index is 13.8. The monoisotopic (exact) mass is 776 g/mol. The van der Waals surface area contributed by atoms with Crippen molar-refractivity contribution in [2.75, 3.05) is 36.8 Å². The van der Waals surface area contributed by atoms with Crippen LogP contribution in [0.15, 0.2) is 91.3 Å². The minimum atomic E-state index is -4.75. The van der Waals surface area contributed by atoms with E-state index in [2.05, 4.69) is 25.3 Å². The molecule has 2 aliphatic heterocycles. The van der Waals surface area contributed by atoms with E-state index in [9.17, 15) is 40.3 Å². The first-order chi connectivity index (χ1) is 25.6. The van der Waals surface area contributed by atoms with Gasteiger partial charge in [-0.05, 0) is 103 Å².